The van der Waals surface area contributed by atoms with Crippen molar-refractivity contribution in [2.24, 2.45) is 0 Å². The maximum Gasteiger partial charge on any atom is 0.0943 e. The summed E-state index contributed by atoms with van der Waals surface area (Å²) in [7, 11) is 0. The Bertz CT molecular complexity index is 801. The van der Waals surface area contributed by atoms with E-state index in [1.165, 1.54) is 25.8 Å². The van der Waals surface area contributed by atoms with Crippen molar-refractivity contribution >= 4 is 22.7 Å². The van der Waals surface area contributed by atoms with Crippen LogP contribution in [0.3, 0.4) is 0 Å². The van der Waals surface area contributed by atoms with Gasteiger partial charge in [0.15, 0.2) is 0 Å². The summed E-state index contributed by atoms with van der Waals surface area (Å²) in [5.41, 5.74) is 2.65. The van der Waals surface area contributed by atoms with E-state index in [1.54, 1.807) is 6.26 Å². The van der Waals surface area contributed by atoms with Gasteiger partial charge in [-0.3, -0.25) is 0 Å². The third-order valence-corrected chi connectivity index (χ3v) is 7.96. The van der Waals surface area contributed by atoms with E-state index in [9.17, 15) is 0 Å². The molecule has 0 aliphatic carbocycles. The Morgan fingerprint density at radius 1 is 0.917 bits per heavy atom. The first kappa shape index (κ1) is 17.5. The van der Waals surface area contributed by atoms with Crippen LogP contribution in [0.15, 0.2) is 46.6 Å². The largest absolute Gasteiger partial charge is 0.472 e. The lowest BCUT2D eigenvalue weighted by Crippen LogP contribution is -2.18. The molecule has 3 aromatic heterocycles. The molecule has 3 aromatic rings. The van der Waals surface area contributed by atoms with Crippen molar-refractivity contribution in [2.75, 3.05) is 0 Å². The van der Waals surface area contributed by atoms with Gasteiger partial charge in [-0.15, -0.1) is 22.7 Å². The maximum absolute atomic E-state index is 5.30. The minimum absolute atomic E-state index is 0.0233. The van der Waals surface area contributed by atoms with E-state index in [-0.39, 0.29) is 10.8 Å². The van der Waals surface area contributed by atoms with Crippen LogP contribution in [0.1, 0.15) is 73.2 Å². The molecule has 0 aromatic carbocycles. The van der Waals surface area contributed by atoms with Crippen LogP contribution in [-0.4, -0.2) is 0 Å². The number of furan rings is 1. The molecule has 24 heavy (non-hydrogen) atoms. The molecule has 0 spiro atoms. The summed E-state index contributed by atoms with van der Waals surface area (Å²) in [6.07, 6.45) is 3.62. The van der Waals surface area contributed by atoms with Crippen LogP contribution >= 0.6 is 22.7 Å². The molecule has 0 saturated heterocycles. The average Bonchev–Trinajstić information content (AvgIpc) is 3.25. The predicted octanol–water partition coefficient (Wildman–Crippen LogP) is 7.18. The Labute approximate surface area is 153 Å². The first-order chi connectivity index (χ1) is 11.2. The standard InChI is InChI=1S/C21H26OS2/c1-14(2)17-7-8-18(24-17)21(5,6)16-11-19(23-13-16)20(3,4)15-9-10-22-12-15/h7-14H,1-6H3. The first-order valence-electron chi connectivity index (χ1n) is 8.45. The molecular weight excluding hydrogens is 332 g/mol. The van der Waals surface area contributed by atoms with E-state index in [2.05, 4.69) is 71.2 Å². The molecule has 0 saturated carbocycles. The minimum atomic E-state index is -0.0233. The topological polar surface area (TPSA) is 13.1 Å². The second kappa shape index (κ2) is 6.20. The van der Waals surface area contributed by atoms with E-state index < -0.39 is 0 Å². The van der Waals surface area contributed by atoms with Gasteiger partial charge >= 0.3 is 0 Å². The zero-order valence-corrected chi connectivity index (χ0v) is 17.0. The van der Waals surface area contributed by atoms with Crippen LogP contribution in [0.25, 0.3) is 0 Å². The highest BCUT2D eigenvalue weighted by Crippen LogP contribution is 2.42. The number of hydrogen-bond acceptors (Lipinski definition) is 3. The lowest BCUT2D eigenvalue weighted by atomic mass is 9.81. The third kappa shape index (κ3) is 3.00. The number of rotatable bonds is 5. The van der Waals surface area contributed by atoms with Gasteiger partial charge in [0.25, 0.3) is 0 Å². The summed E-state index contributed by atoms with van der Waals surface area (Å²) in [6, 6.07) is 9.04. The summed E-state index contributed by atoms with van der Waals surface area (Å²) in [5, 5.41) is 2.33. The van der Waals surface area contributed by atoms with Gasteiger partial charge in [0.1, 0.15) is 0 Å². The van der Waals surface area contributed by atoms with Gasteiger partial charge in [0, 0.05) is 31.0 Å². The zero-order valence-electron chi connectivity index (χ0n) is 15.3. The van der Waals surface area contributed by atoms with E-state index >= 15 is 0 Å². The van der Waals surface area contributed by atoms with Crippen LogP contribution in [-0.2, 0) is 10.8 Å². The molecular formula is C21H26OS2. The third-order valence-electron chi connectivity index (χ3n) is 4.99. The summed E-state index contributed by atoms with van der Waals surface area (Å²) in [5.74, 6) is 0.595. The molecule has 0 aliphatic heterocycles. The van der Waals surface area contributed by atoms with Crippen LogP contribution in [0.2, 0.25) is 0 Å². The van der Waals surface area contributed by atoms with Crippen LogP contribution in [0.5, 0.6) is 0 Å². The second-order valence-electron chi connectivity index (χ2n) is 7.82. The van der Waals surface area contributed by atoms with Crippen molar-refractivity contribution in [1.29, 1.82) is 0 Å². The second-order valence-corrected chi connectivity index (χ2v) is 9.84. The minimum Gasteiger partial charge on any atom is -0.472 e. The van der Waals surface area contributed by atoms with E-state index in [0.29, 0.717) is 5.92 Å². The van der Waals surface area contributed by atoms with Crippen molar-refractivity contribution in [1.82, 2.24) is 0 Å². The molecule has 0 fully saturated rings. The van der Waals surface area contributed by atoms with Crippen LogP contribution in [0, 0.1) is 0 Å². The van der Waals surface area contributed by atoms with Gasteiger partial charge in [-0.2, -0.15) is 0 Å². The molecule has 0 amide bonds. The number of thiophene rings is 2. The molecule has 0 unspecified atom stereocenters. The quantitative estimate of drug-likeness (QED) is 0.471. The van der Waals surface area contributed by atoms with E-state index in [1.807, 2.05) is 28.9 Å². The Kier molecular flexibility index (Phi) is 4.52. The molecule has 0 atom stereocenters. The number of hydrogen-bond donors (Lipinski definition) is 0. The van der Waals surface area contributed by atoms with Crippen LogP contribution in [0.4, 0.5) is 0 Å². The van der Waals surface area contributed by atoms with Crippen LogP contribution < -0.4 is 0 Å². The van der Waals surface area contributed by atoms with Gasteiger partial charge in [0.2, 0.25) is 0 Å². The maximum atomic E-state index is 5.30. The molecule has 128 valence electrons. The fourth-order valence-electron chi connectivity index (χ4n) is 2.90. The summed E-state index contributed by atoms with van der Waals surface area (Å²) in [4.78, 5) is 4.29. The van der Waals surface area contributed by atoms with E-state index in [0.717, 1.165) is 0 Å². The molecule has 0 radical (unpaired) electrons. The van der Waals surface area contributed by atoms with Crippen molar-refractivity contribution in [3.63, 3.8) is 0 Å². The Morgan fingerprint density at radius 2 is 1.62 bits per heavy atom. The lowest BCUT2D eigenvalue weighted by molar-refractivity contribution is 0.550. The first-order valence-corrected chi connectivity index (χ1v) is 10.1. The van der Waals surface area contributed by atoms with Crippen molar-refractivity contribution in [3.8, 4) is 0 Å². The Hall–Kier alpha value is -1.32. The summed E-state index contributed by atoms with van der Waals surface area (Å²) >= 11 is 3.80. The Balaban J connectivity index is 1.94. The van der Waals surface area contributed by atoms with Gasteiger partial charge in [-0.25, -0.2) is 0 Å². The smallest absolute Gasteiger partial charge is 0.0943 e. The molecule has 3 heteroatoms. The molecule has 0 aliphatic rings. The molecule has 3 rings (SSSR count). The van der Waals surface area contributed by atoms with Crippen molar-refractivity contribution in [2.45, 2.75) is 58.3 Å². The fourth-order valence-corrected chi connectivity index (χ4v) is 5.25. The molecule has 1 nitrogen and oxygen atoms in total. The SMILES string of the molecule is CC(C)c1ccc(C(C)(C)c2csc(C(C)(C)c3ccoc3)c2)s1. The molecule has 0 bridgehead atoms. The van der Waals surface area contributed by atoms with Gasteiger partial charge in [0.05, 0.1) is 12.5 Å². The summed E-state index contributed by atoms with van der Waals surface area (Å²) in [6.45, 7) is 13.7. The highest BCUT2D eigenvalue weighted by Gasteiger charge is 2.31. The van der Waals surface area contributed by atoms with Crippen molar-refractivity contribution in [3.05, 3.63) is 67.9 Å². The molecule has 0 N–H and O–H groups in total. The highest BCUT2D eigenvalue weighted by molar-refractivity contribution is 7.12. The Morgan fingerprint density at radius 3 is 2.21 bits per heavy atom. The lowest BCUT2D eigenvalue weighted by Gasteiger charge is -2.24. The van der Waals surface area contributed by atoms with Gasteiger partial charge in [-0.1, -0.05) is 41.5 Å². The van der Waals surface area contributed by atoms with E-state index in [4.69, 9.17) is 4.42 Å². The zero-order chi connectivity index (χ0) is 17.5. The fraction of sp³-hybridized carbons (Fsp3) is 0.429. The highest BCUT2D eigenvalue weighted by atomic mass is 32.1. The van der Waals surface area contributed by atoms with Gasteiger partial charge < -0.3 is 4.42 Å². The monoisotopic (exact) mass is 358 g/mol. The summed E-state index contributed by atoms with van der Waals surface area (Å²) < 4.78 is 5.30. The van der Waals surface area contributed by atoms with Crippen molar-refractivity contribution < 1.29 is 4.42 Å². The molecule has 3 heterocycles. The normalized spacial score (nSPS) is 13.0. The van der Waals surface area contributed by atoms with Gasteiger partial charge in [-0.05, 0) is 41.1 Å². The average molecular weight is 359 g/mol. The predicted molar refractivity (Wildman–Crippen MR) is 106 cm³/mol.